The van der Waals surface area contributed by atoms with Crippen LogP contribution in [0.25, 0.3) is 11.3 Å². The lowest BCUT2D eigenvalue weighted by Gasteiger charge is -2.27. The zero-order chi connectivity index (χ0) is 23.5. The number of carbonyl (C=O) groups is 2. The number of fused-ring (bicyclic) bond motifs is 1. The van der Waals surface area contributed by atoms with Crippen LogP contribution in [0.3, 0.4) is 0 Å². The number of rotatable bonds is 5. The van der Waals surface area contributed by atoms with E-state index < -0.39 is 0 Å². The Labute approximate surface area is 197 Å². The highest BCUT2D eigenvalue weighted by atomic mass is 16.5. The molecule has 0 saturated carbocycles. The molecule has 9 heteroatoms. The molecule has 2 aliphatic heterocycles. The van der Waals surface area contributed by atoms with Crippen molar-refractivity contribution in [3.63, 3.8) is 0 Å². The van der Waals surface area contributed by atoms with Gasteiger partial charge in [-0.1, -0.05) is 0 Å². The first-order valence-corrected chi connectivity index (χ1v) is 11.3. The van der Waals surface area contributed by atoms with Crippen LogP contribution in [0, 0.1) is 0 Å². The molecule has 1 fully saturated rings. The van der Waals surface area contributed by atoms with E-state index in [0.717, 1.165) is 29.1 Å². The average Bonchev–Trinajstić information content (AvgIpc) is 3.34. The van der Waals surface area contributed by atoms with E-state index in [-0.39, 0.29) is 11.8 Å². The van der Waals surface area contributed by atoms with E-state index in [1.807, 2.05) is 54.4 Å². The number of nitrogens with one attached hydrogen (secondary N) is 2. The van der Waals surface area contributed by atoms with E-state index in [4.69, 9.17) is 4.74 Å². The zero-order valence-corrected chi connectivity index (χ0v) is 19.0. The molecule has 0 atom stereocenters. The van der Waals surface area contributed by atoms with Gasteiger partial charge in [-0.15, -0.1) is 0 Å². The Morgan fingerprint density at radius 1 is 1.18 bits per heavy atom. The molecule has 0 unspecified atom stereocenters. The maximum atomic E-state index is 12.6. The Morgan fingerprint density at radius 3 is 2.74 bits per heavy atom. The molecule has 0 bridgehead atoms. The van der Waals surface area contributed by atoms with Crippen LogP contribution in [0.2, 0.25) is 0 Å². The Hall–Kier alpha value is -3.98. The number of H-pyrrole nitrogens is 1. The normalized spacial score (nSPS) is 15.8. The number of nitrogens with zero attached hydrogens (tertiary/aromatic N) is 4. The van der Waals surface area contributed by atoms with Gasteiger partial charge in [-0.05, 0) is 42.5 Å². The van der Waals surface area contributed by atoms with Crippen molar-refractivity contribution in [3.8, 4) is 11.3 Å². The van der Waals surface area contributed by atoms with Crippen LogP contribution in [0.1, 0.15) is 32.1 Å². The molecule has 34 heavy (non-hydrogen) atoms. The molecule has 5 rings (SSSR count). The number of hydrogen-bond acceptors (Lipinski definition) is 6. The number of aromatic amines is 1. The van der Waals surface area contributed by atoms with Gasteiger partial charge in [-0.3, -0.25) is 19.6 Å². The quantitative estimate of drug-likeness (QED) is 0.451. The molecule has 2 aromatic heterocycles. The summed E-state index contributed by atoms with van der Waals surface area (Å²) >= 11 is 0. The number of benzene rings is 1. The maximum Gasteiger partial charge on any atom is 0.254 e. The number of ether oxygens (including phenoxy) is 1. The summed E-state index contributed by atoms with van der Waals surface area (Å²) in [5.41, 5.74) is 5.68. The molecule has 2 N–H and O–H groups in total. The van der Waals surface area contributed by atoms with Crippen LogP contribution in [0.4, 0.5) is 5.69 Å². The first-order chi connectivity index (χ1) is 16.6. The minimum Gasteiger partial charge on any atom is -0.378 e. The molecule has 1 saturated heterocycles. The van der Waals surface area contributed by atoms with Crippen molar-refractivity contribution in [2.45, 2.75) is 6.42 Å². The maximum absolute atomic E-state index is 12.6. The third-order valence-electron chi connectivity index (χ3n) is 6.05. The zero-order valence-electron chi connectivity index (χ0n) is 19.0. The average molecular weight is 459 g/mol. The molecule has 1 aromatic carbocycles. The van der Waals surface area contributed by atoms with Gasteiger partial charge in [-0.2, -0.15) is 5.10 Å². The van der Waals surface area contributed by atoms with Gasteiger partial charge < -0.3 is 19.9 Å². The molecule has 3 aromatic rings. The molecule has 9 nitrogen and oxygen atoms in total. The van der Waals surface area contributed by atoms with Crippen LogP contribution in [-0.2, 0) is 11.2 Å². The van der Waals surface area contributed by atoms with E-state index >= 15 is 0 Å². The monoisotopic (exact) mass is 458 g/mol. The van der Waals surface area contributed by atoms with Crippen LogP contribution in [0.5, 0.6) is 0 Å². The Bertz CT molecular complexity index is 1230. The summed E-state index contributed by atoms with van der Waals surface area (Å²) in [5.74, 6) is -0.0237. The molecule has 0 aliphatic carbocycles. The minimum atomic E-state index is -0.0427. The van der Waals surface area contributed by atoms with Crippen molar-refractivity contribution in [2.75, 3.05) is 44.9 Å². The molecule has 0 spiro atoms. The molecule has 174 valence electrons. The van der Waals surface area contributed by atoms with Gasteiger partial charge in [0.2, 0.25) is 0 Å². The lowest BCUT2D eigenvalue weighted by atomic mass is 10.1. The summed E-state index contributed by atoms with van der Waals surface area (Å²) < 4.78 is 5.32. The molecule has 2 aliphatic rings. The van der Waals surface area contributed by atoms with Crippen LogP contribution < -0.4 is 10.3 Å². The van der Waals surface area contributed by atoms with Crippen LogP contribution in [0.15, 0.2) is 53.8 Å². The second-order valence-corrected chi connectivity index (χ2v) is 8.27. The number of pyridine rings is 1. The summed E-state index contributed by atoms with van der Waals surface area (Å²) in [6.07, 6.45) is 4.20. The first-order valence-electron chi connectivity index (χ1n) is 11.3. The number of carbonyl (C=O) groups excluding carboxylic acids is 2. The fraction of sp³-hybridized carbons (Fsp3) is 0.280. The summed E-state index contributed by atoms with van der Waals surface area (Å²) in [4.78, 5) is 34.2. The standard InChI is InChI=1S/C25H26N6O3/c1-30(20-4-2-17(3-5-20)25(33)31-10-12-34-13-11-31)28-16-19-14-18(6-8-26-19)23-15-21-22(29-23)7-9-27-24(21)32/h2-6,8,14-16,29H,7,9-13H2,1H3,(H,27,32). The lowest BCUT2D eigenvalue weighted by molar-refractivity contribution is 0.0303. The van der Waals surface area contributed by atoms with Gasteiger partial charge in [0.1, 0.15) is 0 Å². The highest BCUT2D eigenvalue weighted by Crippen LogP contribution is 2.24. The summed E-state index contributed by atoms with van der Waals surface area (Å²) in [6.45, 7) is 3.05. The van der Waals surface area contributed by atoms with Gasteiger partial charge in [0.25, 0.3) is 11.8 Å². The summed E-state index contributed by atoms with van der Waals surface area (Å²) in [7, 11) is 1.84. The van der Waals surface area contributed by atoms with E-state index in [0.29, 0.717) is 49.7 Å². The van der Waals surface area contributed by atoms with Crippen LogP contribution >= 0.6 is 0 Å². The smallest absolute Gasteiger partial charge is 0.254 e. The molecular formula is C25H26N6O3. The van der Waals surface area contributed by atoms with Crippen molar-refractivity contribution < 1.29 is 14.3 Å². The van der Waals surface area contributed by atoms with Crippen molar-refractivity contribution in [1.29, 1.82) is 0 Å². The second-order valence-electron chi connectivity index (χ2n) is 8.27. The topological polar surface area (TPSA) is 103 Å². The Kier molecular flexibility index (Phi) is 6.09. The van der Waals surface area contributed by atoms with Crippen LogP contribution in [-0.4, -0.2) is 72.8 Å². The van der Waals surface area contributed by atoms with Gasteiger partial charge in [0, 0.05) is 61.8 Å². The summed E-state index contributed by atoms with van der Waals surface area (Å²) in [6, 6.07) is 13.1. The molecular weight excluding hydrogens is 432 g/mol. The minimum absolute atomic E-state index is 0.0190. The van der Waals surface area contributed by atoms with E-state index in [1.54, 1.807) is 17.4 Å². The highest BCUT2D eigenvalue weighted by Gasteiger charge is 2.20. The van der Waals surface area contributed by atoms with E-state index in [2.05, 4.69) is 20.4 Å². The van der Waals surface area contributed by atoms with Crippen molar-refractivity contribution in [1.82, 2.24) is 20.2 Å². The molecule has 2 amide bonds. The Morgan fingerprint density at radius 2 is 1.97 bits per heavy atom. The number of anilines is 1. The van der Waals surface area contributed by atoms with Crippen molar-refractivity contribution >= 4 is 23.7 Å². The first kappa shape index (κ1) is 21.8. The van der Waals surface area contributed by atoms with E-state index in [9.17, 15) is 9.59 Å². The third kappa shape index (κ3) is 4.55. The van der Waals surface area contributed by atoms with Gasteiger partial charge in [-0.25, -0.2) is 0 Å². The number of amides is 2. The number of aromatic nitrogens is 2. The largest absolute Gasteiger partial charge is 0.378 e. The van der Waals surface area contributed by atoms with Gasteiger partial charge in [0.05, 0.1) is 36.4 Å². The lowest BCUT2D eigenvalue weighted by Crippen LogP contribution is -2.40. The van der Waals surface area contributed by atoms with Crippen molar-refractivity contribution in [3.05, 3.63) is 71.2 Å². The van der Waals surface area contributed by atoms with Gasteiger partial charge in [0.15, 0.2) is 0 Å². The van der Waals surface area contributed by atoms with Gasteiger partial charge >= 0.3 is 0 Å². The predicted octanol–water partition coefficient (Wildman–Crippen LogP) is 2.31. The SMILES string of the molecule is CN(N=Cc1cc(-c2cc3c([nH]2)CCNC3=O)ccn1)c1ccc(C(=O)N2CCOCC2)cc1. The fourth-order valence-electron chi connectivity index (χ4n) is 4.12. The van der Waals surface area contributed by atoms with E-state index in [1.165, 1.54) is 0 Å². The summed E-state index contributed by atoms with van der Waals surface area (Å²) in [5, 5.41) is 9.10. The number of morpholine rings is 1. The highest BCUT2D eigenvalue weighted by molar-refractivity contribution is 5.98. The third-order valence-corrected chi connectivity index (χ3v) is 6.05. The fourth-order valence-corrected chi connectivity index (χ4v) is 4.12. The Balaban J connectivity index is 1.27. The predicted molar refractivity (Wildman–Crippen MR) is 129 cm³/mol. The number of hydrogen-bond donors (Lipinski definition) is 2. The van der Waals surface area contributed by atoms with Crippen molar-refractivity contribution in [2.24, 2.45) is 5.10 Å². The second kappa shape index (κ2) is 9.48. The molecule has 4 heterocycles. The molecule has 0 radical (unpaired) electrons. The number of hydrazone groups is 1.